The molecule has 2 amide bonds. The highest BCUT2D eigenvalue weighted by molar-refractivity contribution is 5.83. The highest BCUT2D eigenvalue weighted by Gasteiger charge is 2.47. The van der Waals surface area contributed by atoms with Crippen molar-refractivity contribution in [1.82, 2.24) is 29.7 Å². The number of nitrogens with one attached hydrogen (secondary N) is 1. The van der Waals surface area contributed by atoms with Gasteiger partial charge in [0.2, 0.25) is 0 Å². The second-order valence-corrected chi connectivity index (χ2v) is 10.5. The SMILES string of the molecule is CCNC(=O)[C@H]1O[C@@H](n2cnc3c(N)nc(CC4CCN(C(=O)OCC5CCCC5)CC4)nc32)C(O)C1O. The number of carbonyl (C=O) groups excluding carboxylic acids is 2. The van der Waals surface area contributed by atoms with Crippen LogP contribution in [0.15, 0.2) is 6.33 Å². The Morgan fingerprint density at radius 1 is 1.13 bits per heavy atom. The monoisotopic (exact) mass is 531 g/mol. The van der Waals surface area contributed by atoms with E-state index in [-0.39, 0.29) is 17.8 Å². The van der Waals surface area contributed by atoms with Gasteiger partial charge in [-0.05, 0) is 44.4 Å². The number of likely N-dealkylation sites (tertiary alicyclic amines) is 1. The number of aromatic nitrogens is 4. The Morgan fingerprint density at radius 2 is 1.87 bits per heavy atom. The molecule has 4 heterocycles. The molecule has 0 aromatic carbocycles. The molecule has 4 atom stereocenters. The van der Waals surface area contributed by atoms with Crippen LogP contribution in [0.4, 0.5) is 10.6 Å². The van der Waals surface area contributed by atoms with Crippen molar-refractivity contribution in [2.45, 2.75) is 76.4 Å². The molecule has 0 spiro atoms. The highest BCUT2D eigenvalue weighted by Crippen LogP contribution is 2.33. The predicted molar refractivity (Wildman–Crippen MR) is 136 cm³/mol. The molecule has 5 rings (SSSR count). The van der Waals surface area contributed by atoms with Gasteiger partial charge in [-0.3, -0.25) is 9.36 Å². The number of ether oxygens (including phenoxy) is 2. The number of hydrogen-bond donors (Lipinski definition) is 4. The Hall–Kier alpha value is -3.03. The van der Waals surface area contributed by atoms with Crippen LogP contribution in [-0.2, 0) is 20.7 Å². The molecule has 5 N–H and O–H groups in total. The van der Waals surface area contributed by atoms with Crippen molar-refractivity contribution >= 4 is 29.0 Å². The zero-order valence-electron chi connectivity index (χ0n) is 21.7. The van der Waals surface area contributed by atoms with E-state index in [1.165, 1.54) is 23.7 Å². The number of hydrogen-bond acceptors (Lipinski definition) is 10. The third kappa shape index (κ3) is 5.40. The lowest BCUT2D eigenvalue weighted by molar-refractivity contribution is -0.137. The first kappa shape index (κ1) is 26.6. The van der Waals surface area contributed by atoms with Gasteiger partial charge in [0.25, 0.3) is 5.91 Å². The maximum atomic E-state index is 12.5. The van der Waals surface area contributed by atoms with Gasteiger partial charge < -0.3 is 35.6 Å². The number of nitrogens with two attached hydrogens (primary N) is 1. The lowest BCUT2D eigenvalue weighted by atomic mass is 9.93. The van der Waals surface area contributed by atoms with Crippen molar-refractivity contribution in [3.8, 4) is 0 Å². The van der Waals surface area contributed by atoms with Gasteiger partial charge in [-0.2, -0.15) is 0 Å². The molecule has 2 unspecified atom stereocenters. The van der Waals surface area contributed by atoms with Crippen molar-refractivity contribution < 1.29 is 29.3 Å². The highest BCUT2D eigenvalue weighted by atomic mass is 16.6. The zero-order chi connectivity index (χ0) is 26.8. The smallest absolute Gasteiger partial charge is 0.409 e. The Kier molecular flexibility index (Phi) is 7.96. The molecular weight excluding hydrogens is 494 g/mol. The van der Waals surface area contributed by atoms with Gasteiger partial charge in [-0.25, -0.2) is 19.7 Å². The van der Waals surface area contributed by atoms with Gasteiger partial charge in [-0.15, -0.1) is 0 Å². The number of anilines is 1. The topological polar surface area (TPSA) is 178 Å². The Bertz CT molecular complexity index is 1140. The summed E-state index contributed by atoms with van der Waals surface area (Å²) in [6.45, 7) is 3.87. The van der Waals surface area contributed by atoms with Gasteiger partial charge in [0, 0.05) is 26.1 Å². The second kappa shape index (κ2) is 11.4. The number of aliphatic hydroxyl groups excluding tert-OH is 2. The van der Waals surface area contributed by atoms with Crippen molar-refractivity contribution in [2.75, 3.05) is 32.0 Å². The number of likely N-dealkylation sites (N-methyl/N-ethyl adjacent to an activating group) is 1. The maximum absolute atomic E-state index is 12.5. The van der Waals surface area contributed by atoms with Crippen LogP contribution >= 0.6 is 0 Å². The molecule has 3 fully saturated rings. The van der Waals surface area contributed by atoms with Gasteiger partial charge in [0.1, 0.15) is 23.5 Å². The lowest BCUT2D eigenvalue weighted by Gasteiger charge is -2.31. The quantitative estimate of drug-likeness (QED) is 0.398. The minimum atomic E-state index is -1.40. The molecule has 2 aromatic heterocycles. The van der Waals surface area contributed by atoms with Crippen LogP contribution in [0.5, 0.6) is 0 Å². The van der Waals surface area contributed by atoms with E-state index in [9.17, 15) is 19.8 Å². The number of nitrogens with zero attached hydrogens (tertiary/aromatic N) is 5. The van der Waals surface area contributed by atoms with Crippen molar-refractivity contribution in [3.63, 3.8) is 0 Å². The van der Waals surface area contributed by atoms with E-state index in [4.69, 9.17) is 15.2 Å². The van der Waals surface area contributed by atoms with Gasteiger partial charge in [0.05, 0.1) is 12.9 Å². The standard InChI is InChI=1S/C25H37N7O6/c1-2-27-23(35)20-18(33)19(34)24(38-20)32-13-28-17-21(26)29-16(30-22(17)32)11-14-7-9-31(10-8-14)25(36)37-12-15-5-3-4-6-15/h13-15,18-20,24,33-34H,2-12H2,1H3,(H,27,35)(H2,26,29,30)/t18?,19?,20-,24+/m0/s1. The summed E-state index contributed by atoms with van der Waals surface area (Å²) in [5, 5.41) is 23.6. The van der Waals surface area contributed by atoms with E-state index in [1.54, 1.807) is 11.8 Å². The van der Waals surface area contributed by atoms with Gasteiger partial charge in [-0.1, -0.05) is 12.8 Å². The van der Waals surface area contributed by atoms with Crippen LogP contribution in [0.2, 0.25) is 0 Å². The number of piperidine rings is 1. The number of aliphatic hydroxyl groups is 2. The molecule has 13 nitrogen and oxygen atoms in total. The van der Waals surface area contributed by atoms with Crippen LogP contribution < -0.4 is 11.1 Å². The van der Waals surface area contributed by atoms with E-state index in [1.807, 2.05) is 0 Å². The predicted octanol–water partition coefficient (Wildman–Crippen LogP) is 0.745. The summed E-state index contributed by atoms with van der Waals surface area (Å²) < 4.78 is 12.8. The molecule has 208 valence electrons. The van der Waals surface area contributed by atoms with E-state index in [0.717, 1.165) is 25.7 Å². The maximum Gasteiger partial charge on any atom is 0.409 e. The molecular formula is C25H37N7O6. The summed E-state index contributed by atoms with van der Waals surface area (Å²) in [7, 11) is 0. The molecule has 3 aliphatic rings. The van der Waals surface area contributed by atoms with Crippen LogP contribution in [-0.4, -0.2) is 91.2 Å². The molecule has 0 radical (unpaired) electrons. The fourth-order valence-electron chi connectivity index (χ4n) is 5.68. The largest absolute Gasteiger partial charge is 0.449 e. The van der Waals surface area contributed by atoms with Crippen LogP contribution in [0, 0.1) is 11.8 Å². The third-order valence-electron chi connectivity index (χ3n) is 7.88. The Labute approximate surface area is 220 Å². The van der Waals surface area contributed by atoms with Crippen molar-refractivity contribution in [1.29, 1.82) is 0 Å². The zero-order valence-corrected chi connectivity index (χ0v) is 21.7. The fraction of sp³-hybridized carbons (Fsp3) is 0.720. The van der Waals surface area contributed by atoms with Crippen molar-refractivity contribution in [2.24, 2.45) is 11.8 Å². The average molecular weight is 532 g/mol. The first-order valence-electron chi connectivity index (χ1n) is 13.6. The molecule has 13 heteroatoms. The minimum Gasteiger partial charge on any atom is -0.449 e. The van der Waals surface area contributed by atoms with Gasteiger partial charge >= 0.3 is 6.09 Å². The molecule has 1 saturated carbocycles. The van der Waals surface area contributed by atoms with E-state index in [0.29, 0.717) is 55.6 Å². The molecule has 2 aromatic rings. The summed E-state index contributed by atoms with van der Waals surface area (Å²) >= 11 is 0. The van der Waals surface area contributed by atoms with Crippen molar-refractivity contribution in [3.05, 3.63) is 12.2 Å². The lowest BCUT2D eigenvalue weighted by Crippen LogP contribution is -2.42. The van der Waals surface area contributed by atoms with E-state index < -0.39 is 30.4 Å². The van der Waals surface area contributed by atoms with Gasteiger partial charge in [0.15, 0.2) is 23.8 Å². The van der Waals surface area contributed by atoms with Crippen LogP contribution in [0.1, 0.15) is 57.5 Å². The molecule has 1 aliphatic carbocycles. The first-order chi connectivity index (χ1) is 18.4. The number of fused-ring (bicyclic) bond motifs is 1. The molecule has 2 saturated heterocycles. The molecule has 38 heavy (non-hydrogen) atoms. The minimum absolute atomic E-state index is 0.199. The first-order valence-corrected chi connectivity index (χ1v) is 13.6. The normalized spacial score (nSPS) is 26.8. The van der Waals surface area contributed by atoms with Crippen LogP contribution in [0.3, 0.4) is 0 Å². The summed E-state index contributed by atoms with van der Waals surface area (Å²) in [5.74, 6) is 0.979. The van der Waals surface area contributed by atoms with E-state index in [2.05, 4.69) is 20.3 Å². The third-order valence-corrected chi connectivity index (χ3v) is 7.88. The Morgan fingerprint density at radius 3 is 2.58 bits per heavy atom. The van der Waals surface area contributed by atoms with E-state index >= 15 is 0 Å². The number of rotatable bonds is 7. The fourth-order valence-corrected chi connectivity index (χ4v) is 5.68. The number of carbonyl (C=O) groups is 2. The number of nitrogen functional groups attached to an aromatic ring is 1. The summed E-state index contributed by atoms with van der Waals surface area (Å²) in [6, 6.07) is 0. The molecule has 0 bridgehead atoms. The average Bonchev–Trinajstić information content (AvgIpc) is 3.64. The molecule has 2 aliphatic heterocycles. The number of amides is 2. The summed E-state index contributed by atoms with van der Waals surface area (Å²) in [6.07, 6.45) is 3.01. The number of imidazole rings is 1. The Balaban J connectivity index is 1.23. The second-order valence-electron chi connectivity index (χ2n) is 10.5. The summed E-state index contributed by atoms with van der Waals surface area (Å²) in [5.41, 5.74) is 6.89. The van der Waals surface area contributed by atoms with Crippen LogP contribution in [0.25, 0.3) is 11.2 Å². The summed E-state index contributed by atoms with van der Waals surface area (Å²) in [4.78, 5) is 39.9.